The number of phenols is 2. The molecule has 0 radical (unpaired) electrons. The number of nitrogens with two attached hydrogens (primary N) is 1. The molecule has 0 saturated heterocycles. The van der Waals surface area contributed by atoms with Gasteiger partial charge in [0.1, 0.15) is 60.1 Å². The summed E-state index contributed by atoms with van der Waals surface area (Å²) >= 11 is 5.79. The maximum absolute atomic E-state index is 14.3. The van der Waals surface area contributed by atoms with E-state index >= 15 is 0 Å². The van der Waals surface area contributed by atoms with Crippen molar-refractivity contribution in [1.29, 1.82) is 0 Å². The van der Waals surface area contributed by atoms with Crippen LogP contribution in [0.3, 0.4) is 0 Å². The first-order chi connectivity index (χ1) is 38.2. The fourth-order valence-corrected chi connectivity index (χ4v) is 8.57. The molecule has 0 unspecified atom stereocenters. The molecular weight excluding hydrogens is 1090 g/mol. The summed E-state index contributed by atoms with van der Waals surface area (Å²) in [7, 11) is 0. The Morgan fingerprint density at radius 1 is 0.593 bits per heavy atom. The maximum Gasteiger partial charge on any atom is 0.305 e. The minimum Gasteiger partial charge on any atom is -0.508 e. The Bertz CT molecular complexity index is 2490. The molecule has 0 heterocycles. The lowest BCUT2D eigenvalue weighted by atomic mass is 9.96. The third-order valence-electron chi connectivity index (χ3n) is 13.1. The van der Waals surface area contributed by atoms with E-state index in [4.69, 9.17) is 5.73 Å². The standard InChI is InChI=1S/C53H79N11O15S2/c1-8-28(5)44(52(78)57-32(25-65)22-40(55)68)63-49(75)38(23-42(70)71)60-51(77)43(27(3)4)62-50(76)39(26-80)61-53(79)45(29(6)9-2)64-48(74)37(21-31-12-16-34(67)17-13-31)58-41(69)24-56-47(73)36(20-30-10-14-33(66)15-11-30)59-46(72)35(54)18-19-81-7/h10-17,25,27-29,32,35-39,43-45,66-67,80H,8-9,18-24,26,54H2,1-7H3,(H2,55,68)(H,56,73)(H,57,78)(H,58,69)(H,59,72)(H,60,77)(H,61,79)(H,62,76)(H,63,75)(H,64,74)(H,70,71)/p+1/t28-,29-,32-,35-,36-,37-,38-,39-,43-,44-,45-/m0/s1. The predicted octanol–water partition coefficient (Wildman–Crippen LogP) is -2.53. The number of amides is 10. The number of hydrogen-bond acceptors (Lipinski definition) is 16. The minimum absolute atomic E-state index is 0.0161. The van der Waals surface area contributed by atoms with Gasteiger partial charge in [-0.1, -0.05) is 78.6 Å². The number of primary amides is 1. The number of benzene rings is 2. The highest BCUT2D eigenvalue weighted by Gasteiger charge is 2.37. The normalized spacial score (nSPS) is 15.1. The summed E-state index contributed by atoms with van der Waals surface area (Å²) in [6.07, 6.45) is 1.51. The van der Waals surface area contributed by atoms with E-state index in [1.165, 1.54) is 62.0 Å². The Balaban J connectivity index is 2.34. The van der Waals surface area contributed by atoms with Crippen molar-refractivity contribution in [3.63, 3.8) is 0 Å². The number of carboxylic acids is 1. The summed E-state index contributed by atoms with van der Waals surface area (Å²) in [4.78, 5) is 158. The van der Waals surface area contributed by atoms with E-state index in [1.54, 1.807) is 39.8 Å². The zero-order valence-electron chi connectivity index (χ0n) is 46.6. The van der Waals surface area contributed by atoms with E-state index in [9.17, 15) is 72.9 Å². The van der Waals surface area contributed by atoms with Gasteiger partial charge in [0.05, 0.1) is 25.4 Å². The Kier molecular flexibility index (Phi) is 30.4. The number of carboxylic acid groups (broad SMARTS) is 1. The molecule has 0 aliphatic carbocycles. The van der Waals surface area contributed by atoms with E-state index in [2.05, 4.69) is 66.2 Å². The number of rotatable bonds is 36. The van der Waals surface area contributed by atoms with Gasteiger partial charge in [0.2, 0.25) is 53.2 Å². The quantitative estimate of drug-likeness (QED) is 0.0247. The zero-order chi connectivity index (χ0) is 61.1. The number of quaternary nitrogens is 1. The molecule has 10 amide bonds. The molecule has 0 saturated carbocycles. The number of nitrogens with one attached hydrogen (secondary N) is 9. The number of thiol groups is 1. The lowest BCUT2D eigenvalue weighted by Gasteiger charge is -2.30. The van der Waals surface area contributed by atoms with Crippen LogP contribution in [-0.2, 0) is 70.4 Å². The molecule has 11 atom stereocenters. The van der Waals surface area contributed by atoms with Crippen LogP contribution in [0.25, 0.3) is 0 Å². The predicted molar refractivity (Wildman–Crippen MR) is 301 cm³/mol. The summed E-state index contributed by atoms with van der Waals surface area (Å²) in [6.45, 7) is 9.04. The first kappa shape index (κ1) is 69.6. The van der Waals surface area contributed by atoms with Crippen molar-refractivity contribution in [3.05, 3.63) is 59.7 Å². The Hall–Kier alpha value is -7.46. The van der Waals surface area contributed by atoms with Crippen LogP contribution in [0.2, 0.25) is 0 Å². The molecular formula is C53H80N11O15S2+. The number of thioether (sulfide) groups is 1. The van der Waals surface area contributed by atoms with Gasteiger partial charge in [-0.05, 0) is 65.2 Å². The van der Waals surface area contributed by atoms with Crippen molar-refractivity contribution in [1.82, 2.24) is 47.9 Å². The summed E-state index contributed by atoms with van der Waals surface area (Å²) in [5.74, 6) is -11.9. The van der Waals surface area contributed by atoms with Crippen LogP contribution in [0.15, 0.2) is 48.5 Å². The van der Waals surface area contributed by atoms with Crippen molar-refractivity contribution < 1.29 is 78.6 Å². The van der Waals surface area contributed by atoms with Crippen LogP contribution in [0.1, 0.15) is 84.8 Å². The van der Waals surface area contributed by atoms with Gasteiger partial charge in [-0.3, -0.25) is 52.7 Å². The Morgan fingerprint density at radius 3 is 1.47 bits per heavy atom. The molecule has 2 aromatic carbocycles. The van der Waals surface area contributed by atoms with Gasteiger partial charge < -0.3 is 79.4 Å². The topological polar surface area (TPSA) is 427 Å². The van der Waals surface area contributed by atoms with Gasteiger partial charge in [-0.2, -0.15) is 24.4 Å². The van der Waals surface area contributed by atoms with Gasteiger partial charge in [-0.25, -0.2) is 0 Å². The average Bonchev–Trinajstić information content (AvgIpc) is 3.44. The first-order valence-electron chi connectivity index (χ1n) is 26.3. The highest BCUT2D eigenvalue weighted by Crippen LogP contribution is 2.16. The molecule has 0 aliphatic heterocycles. The van der Waals surface area contributed by atoms with E-state index in [1.807, 2.05) is 6.26 Å². The third-order valence-corrected chi connectivity index (χ3v) is 14.1. The summed E-state index contributed by atoms with van der Waals surface area (Å²) in [5.41, 5.74) is 10.1. The molecule has 448 valence electrons. The van der Waals surface area contributed by atoms with Crippen LogP contribution < -0.4 is 59.3 Å². The second-order valence-electron chi connectivity index (χ2n) is 19.9. The molecule has 0 bridgehead atoms. The molecule has 26 nitrogen and oxygen atoms in total. The van der Waals surface area contributed by atoms with E-state index in [-0.39, 0.29) is 36.4 Å². The van der Waals surface area contributed by atoms with E-state index in [0.717, 1.165) is 0 Å². The number of aldehydes is 1. The Labute approximate surface area is 480 Å². The second kappa shape index (κ2) is 35.3. The van der Waals surface area contributed by atoms with Gasteiger partial charge in [-0.15, -0.1) is 0 Å². The van der Waals surface area contributed by atoms with Crippen LogP contribution in [0.4, 0.5) is 0 Å². The molecule has 28 heteroatoms. The number of aromatic hydroxyl groups is 2. The number of hydrogen-bond donors (Lipinski definition) is 15. The number of phenolic OH excluding ortho intramolecular Hbond substituents is 2. The lowest BCUT2D eigenvalue weighted by Crippen LogP contribution is -2.69. The number of aliphatic carboxylic acids is 1. The average molecular weight is 1180 g/mol. The fourth-order valence-electron chi connectivity index (χ4n) is 7.79. The second-order valence-corrected chi connectivity index (χ2v) is 21.3. The number of carbonyl (C=O) groups excluding carboxylic acids is 11. The van der Waals surface area contributed by atoms with Crippen molar-refractivity contribution >= 4 is 95.7 Å². The van der Waals surface area contributed by atoms with Crippen LogP contribution in [0, 0.1) is 17.8 Å². The van der Waals surface area contributed by atoms with Gasteiger partial charge >= 0.3 is 5.97 Å². The van der Waals surface area contributed by atoms with Gasteiger partial charge in [0.15, 0.2) is 6.04 Å². The first-order valence-corrected chi connectivity index (χ1v) is 28.3. The molecule has 0 spiro atoms. The van der Waals surface area contributed by atoms with Crippen molar-refractivity contribution in [2.24, 2.45) is 23.5 Å². The largest absolute Gasteiger partial charge is 0.508 e. The molecule has 81 heavy (non-hydrogen) atoms. The van der Waals surface area contributed by atoms with Crippen LogP contribution in [0.5, 0.6) is 11.5 Å². The SMILES string of the molecule is CC[C@H](C)[C@H](NC(=O)[C@H](CC(=O)O)NC(=O)[C@@H](NC(=O)[C@H](CS)NC(=O)[C@@H](NC(=O)[C@H](Cc1ccc(O)cc1)NC(=O)CNC(=O)[C@H](Cc1ccc(O)cc1)NC(=O)[C@@H]([NH3+])CCSC)[C@@H](C)CC)C(C)C)C(=O)N[C@H](C=O)CC(N)=O. The van der Waals surface area contributed by atoms with E-state index < -0.39 is 157 Å². The van der Waals surface area contributed by atoms with Crippen molar-refractivity contribution in [2.75, 3.05) is 24.3 Å². The molecule has 0 fully saturated rings. The van der Waals surface area contributed by atoms with E-state index in [0.29, 0.717) is 36.1 Å². The lowest BCUT2D eigenvalue weighted by molar-refractivity contribution is -0.404. The number of carbonyl (C=O) groups is 12. The van der Waals surface area contributed by atoms with Gasteiger partial charge in [0.25, 0.3) is 5.91 Å². The monoisotopic (exact) mass is 1170 g/mol. The van der Waals surface area contributed by atoms with Gasteiger partial charge in [0, 0.05) is 25.0 Å². The minimum atomic E-state index is -1.81. The van der Waals surface area contributed by atoms with Crippen LogP contribution in [-0.4, -0.2) is 165 Å². The zero-order valence-corrected chi connectivity index (χ0v) is 48.3. The molecule has 2 rings (SSSR count). The summed E-state index contributed by atoms with van der Waals surface area (Å²) in [6, 6.07) is -0.368. The summed E-state index contributed by atoms with van der Waals surface area (Å²) in [5, 5.41) is 52.0. The third kappa shape index (κ3) is 24.4. The molecule has 17 N–H and O–H groups in total. The summed E-state index contributed by atoms with van der Waals surface area (Å²) < 4.78 is 0. The molecule has 2 aromatic rings. The van der Waals surface area contributed by atoms with Crippen LogP contribution >= 0.6 is 24.4 Å². The smallest absolute Gasteiger partial charge is 0.305 e. The van der Waals surface area contributed by atoms with Crippen molar-refractivity contribution in [2.45, 2.75) is 141 Å². The maximum atomic E-state index is 14.3. The Morgan fingerprint density at radius 2 is 1.02 bits per heavy atom. The molecule has 0 aliphatic rings. The highest BCUT2D eigenvalue weighted by molar-refractivity contribution is 7.98. The highest BCUT2D eigenvalue weighted by atomic mass is 32.2. The molecule has 0 aromatic heterocycles. The fraction of sp³-hybridized carbons (Fsp3) is 0.547. The van der Waals surface area contributed by atoms with Crippen molar-refractivity contribution in [3.8, 4) is 11.5 Å².